The molecular weight excluding hydrogens is 355 g/mol. The summed E-state index contributed by atoms with van der Waals surface area (Å²) in [5.41, 5.74) is 0.275. The Bertz CT molecular complexity index is 669. The average Bonchev–Trinajstić information content (AvgIpc) is 2.96. The van der Waals surface area contributed by atoms with Gasteiger partial charge in [-0.05, 0) is 24.3 Å². The van der Waals surface area contributed by atoms with E-state index >= 15 is 0 Å². The number of carbonyl (C=O) groups excluding carboxylic acids is 1. The summed E-state index contributed by atoms with van der Waals surface area (Å²) >= 11 is 5.89. The maximum Gasteiger partial charge on any atom is 0.222 e. The van der Waals surface area contributed by atoms with Gasteiger partial charge in [-0.1, -0.05) is 37.6 Å². The van der Waals surface area contributed by atoms with Crippen molar-refractivity contribution in [2.24, 2.45) is 17.3 Å². The lowest BCUT2D eigenvalue weighted by atomic mass is 9.74. The number of amides is 1. The second kappa shape index (κ2) is 7.83. The zero-order valence-corrected chi connectivity index (χ0v) is 16.3. The van der Waals surface area contributed by atoms with Gasteiger partial charge in [0.2, 0.25) is 5.91 Å². The largest absolute Gasteiger partial charge is 0.396 e. The van der Waals surface area contributed by atoms with E-state index in [-0.39, 0.29) is 28.8 Å². The molecule has 0 bridgehead atoms. The predicted octanol–water partition coefficient (Wildman–Crippen LogP) is 3.17. The summed E-state index contributed by atoms with van der Waals surface area (Å²) in [5.74, 6) is 0.468. The van der Waals surface area contributed by atoms with E-state index in [0.717, 1.165) is 19.5 Å². The van der Waals surface area contributed by atoms with Crippen LogP contribution in [0.25, 0.3) is 0 Å². The Balaban J connectivity index is 1.71. The van der Waals surface area contributed by atoms with Crippen LogP contribution in [0, 0.1) is 23.1 Å². The maximum absolute atomic E-state index is 14.2. The third-order valence-corrected chi connectivity index (χ3v) is 6.10. The van der Waals surface area contributed by atoms with Gasteiger partial charge < -0.3 is 10.0 Å². The molecule has 2 aliphatic rings. The van der Waals surface area contributed by atoms with Gasteiger partial charge in [-0.25, -0.2) is 4.39 Å². The number of carbonyl (C=O) groups is 1. The molecule has 2 aliphatic heterocycles. The van der Waals surface area contributed by atoms with Crippen LogP contribution in [0.2, 0.25) is 5.02 Å². The van der Waals surface area contributed by atoms with E-state index in [1.54, 1.807) is 18.2 Å². The van der Waals surface area contributed by atoms with E-state index < -0.39 is 0 Å². The lowest BCUT2D eigenvalue weighted by Gasteiger charge is -2.43. The summed E-state index contributed by atoms with van der Waals surface area (Å²) < 4.78 is 14.2. The Labute approximate surface area is 159 Å². The van der Waals surface area contributed by atoms with E-state index in [0.29, 0.717) is 43.5 Å². The Morgan fingerprint density at radius 2 is 2.19 bits per heavy atom. The third kappa shape index (κ3) is 3.90. The summed E-state index contributed by atoms with van der Waals surface area (Å²) in [6.07, 6.45) is 1.43. The van der Waals surface area contributed by atoms with Gasteiger partial charge >= 0.3 is 0 Å². The first-order valence-corrected chi connectivity index (χ1v) is 9.76. The molecule has 2 fully saturated rings. The molecule has 1 aromatic rings. The number of benzene rings is 1. The molecule has 0 aromatic heterocycles. The van der Waals surface area contributed by atoms with Gasteiger partial charge in [0, 0.05) is 50.1 Å². The number of hydrogen-bond acceptors (Lipinski definition) is 3. The van der Waals surface area contributed by atoms with Gasteiger partial charge in [-0.15, -0.1) is 0 Å². The summed E-state index contributed by atoms with van der Waals surface area (Å²) in [4.78, 5) is 16.6. The zero-order valence-electron chi connectivity index (χ0n) is 15.5. The molecule has 0 aliphatic carbocycles. The molecule has 0 spiro atoms. The van der Waals surface area contributed by atoms with E-state index in [9.17, 15) is 14.3 Å². The molecule has 1 N–H and O–H groups in total. The van der Waals surface area contributed by atoms with Crippen molar-refractivity contribution < 1.29 is 14.3 Å². The highest BCUT2D eigenvalue weighted by molar-refractivity contribution is 6.30. The van der Waals surface area contributed by atoms with Crippen LogP contribution in [0.4, 0.5) is 4.39 Å². The van der Waals surface area contributed by atoms with Crippen LogP contribution in [-0.2, 0) is 11.3 Å². The van der Waals surface area contributed by atoms with E-state index in [1.165, 1.54) is 0 Å². The van der Waals surface area contributed by atoms with Gasteiger partial charge in [0.15, 0.2) is 0 Å². The van der Waals surface area contributed by atoms with Gasteiger partial charge in [0.25, 0.3) is 0 Å². The van der Waals surface area contributed by atoms with Crippen LogP contribution < -0.4 is 0 Å². The van der Waals surface area contributed by atoms with Gasteiger partial charge in [0.05, 0.1) is 11.6 Å². The minimum absolute atomic E-state index is 0.0532. The monoisotopic (exact) mass is 382 g/mol. The molecule has 6 heteroatoms. The van der Waals surface area contributed by atoms with Crippen molar-refractivity contribution in [3.8, 4) is 0 Å². The van der Waals surface area contributed by atoms with Gasteiger partial charge in [0.1, 0.15) is 5.82 Å². The molecule has 26 heavy (non-hydrogen) atoms. The van der Waals surface area contributed by atoms with E-state index in [4.69, 9.17) is 11.6 Å². The average molecular weight is 383 g/mol. The van der Waals surface area contributed by atoms with Crippen LogP contribution in [0.15, 0.2) is 18.2 Å². The number of aliphatic hydroxyl groups excluding tert-OH is 1. The zero-order chi connectivity index (χ0) is 18.9. The van der Waals surface area contributed by atoms with E-state index in [2.05, 4.69) is 4.90 Å². The summed E-state index contributed by atoms with van der Waals surface area (Å²) in [6, 6.07) is 5.07. The van der Waals surface area contributed by atoms with Crippen molar-refractivity contribution in [2.45, 2.75) is 33.2 Å². The number of hydrogen-bond donors (Lipinski definition) is 1. The summed E-state index contributed by atoms with van der Waals surface area (Å²) in [5, 5.41) is 10.3. The first kappa shape index (κ1) is 19.6. The highest BCUT2D eigenvalue weighted by Gasteiger charge is 2.50. The van der Waals surface area contributed by atoms with Crippen LogP contribution >= 0.6 is 11.6 Å². The molecule has 2 atom stereocenters. The van der Waals surface area contributed by atoms with Crippen molar-refractivity contribution in [3.63, 3.8) is 0 Å². The number of nitrogens with zero attached hydrogens (tertiary/aromatic N) is 2. The van der Waals surface area contributed by atoms with Crippen LogP contribution in [0.5, 0.6) is 0 Å². The molecule has 2 heterocycles. The van der Waals surface area contributed by atoms with Crippen LogP contribution in [0.3, 0.4) is 0 Å². The molecule has 144 valence electrons. The number of likely N-dealkylation sites (tertiary alicyclic amines) is 2. The number of piperidine rings is 1. The lowest BCUT2D eigenvalue weighted by Crippen LogP contribution is -2.52. The quantitative estimate of drug-likeness (QED) is 0.850. The highest BCUT2D eigenvalue weighted by Crippen LogP contribution is 2.42. The molecule has 4 nitrogen and oxygen atoms in total. The van der Waals surface area contributed by atoms with Gasteiger partial charge in [-0.3, -0.25) is 9.69 Å². The minimum Gasteiger partial charge on any atom is -0.396 e. The summed E-state index contributed by atoms with van der Waals surface area (Å²) in [6.45, 7) is 7.45. The standard InChI is InChI=1S/C20H28ClFN2O2/c1-14(2)8-18(26)24-7-6-16-10-23(11-20(16,12-24)13-25)9-15-4-3-5-17(21)19(15)22/h3-5,14,16,25H,6-13H2,1-2H3/t16-,20-/m0/s1. The molecular formula is C20H28ClFN2O2. The number of halogens is 2. The van der Waals surface area contributed by atoms with Crippen molar-refractivity contribution in [1.82, 2.24) is 9.80 Å². The molecule has 0 radical (unpaired) electrons. The highest BCUT2D eigenvalue weighted by atomic mass is 35.5. The number of fused-ring (bicyclic) bond motifs is 1. The molecule has 0 saturated carbocycles. The normalized spacial score (nSPS) is 26.4. The third-order valence-electron chi connectivity index (χ3n) is 5.81. The molecule has 2 saturated heterocycles. The van der Waals surface area contributed by atoms with Crippen LogP contribution in [-0.4, -0.2) is 53.6 Å². The van der Waals surface area contributed by atoms with Crippen molar-refractivity contribution in [2.75, 3.05) is 32.8 Å². The maximum atomic E-state index is 14.2. The molecule has 0 unspecified atom stereocenters. The Hall–Kier alpha value is -1.17. The molecule has 3 rings (SSSR count). The van der Waals surface area contributed by atoms with Crippen molar-refractivity contribution >= 4 is 17.5 Å². The second-order valence-electron chi connectivity index (χ2n) is 8.30. The fourth-order valence-corrected chi connectivity index (χ4v) is 4.64. The number of rotatable bonds is 5. The Morgan fingerprint density at radius 3 is 2.88 bits per heavy atom. The van der Waals surface area contributed by atoms with Crippen molar-refractivity contribution in [1.29, 1.82) is 0 Å². The van der Waals surface area contributed by atoms with Crippen LogP contribution in [0.1, 0.15) is 32.3 Å². The molecule has 1 aromatic carbocycles. The number of aliphatic hydroxyl groups is 1. The first-order valence-electron chi connectivity index (χ1n) is 9.38. The Kier molecular flexibility index (Phi) is 5.90. The lowest BCUT2D eigenvalue weighted by molar-refractivity contribution is -0.137. The fourth-order valence-electron chi connectivity index (χ4n) is 4.44. The second-order valence-corrected chi connectivity index (χ2v) is 8.71. The van der Waals surface area contributed by atoms with E-state index in [1.807, 2.05) is 18.7 Å². The predicted molar refractivity (Wildman–Crippen MR) is 100 cm³/mol. The SMILES string of the molecule is CC(C)CC(=O)N1CC[C@H]2CN(Cc3cccc(Cl)c3F)C[C@@]2(CO)C1. The fraction of sp³-hybridized carbons (Fsp3) is 0.650. The minimum atomic E-state index is -0.365. The summed E-state index contributed by atoms with van der Waals surface area (Å²) in [7, 11) is 0. The first-order chi connectivity index (χ1) is 12.3. The smallest absolute Gasteiger partial charge is 0.222 e. The van der Waals surface area contributed by atoms with Gasteiger partial charge in [-0.2, -0.15) is 0 Å². The Morgan fingerprint density at radius 1 is 1.42 bits per heavy atom. The van der Waals surface area contributed by atoms with Crippen molar-refractivity contribution in [3.05, 3.63) is 34.6 Å². The topological polar surface area (TPSA) is 43.8 Å². The molecule has 1 amide bonds.